The van der Waals surface area contributed by atoms with E-state index in [1.807, 2.05) is 0 Å². The Morgan fingerprint density at radius 1 is 0.773 bits per heavy atom. The fourth-order valence-electron chi connectivity index (χ4n) is 4.89. The highest BCUT2D eigenvalue weighted by molar-refractivity contribution is 5.95. The third-order valence-corrected chi connectivity index (χ3v) is 7.16. The van der Waals surface area contributed by atoms with Crippen LogP contribution >= 0.6 is 0 Å². The summed E-state index contributed by atoms with van der Waals surface area (Å²) < 4.78 is 9.48. The number of aromatic nitrogens is 4. The van der Waals surface area contributed by atoms with Crippen LogP contribution in [-0.2, 0) is 19.1 Å². The third kappa shape index (κ3) is 14.6. The van der Waals surface area contributed by atoms with E-state index >= 15 is 0 Å². The van der Waals surface area contributed by atoms with Crippen LogP contribution in [0.15, 0.2) is 37.2 Å². The van der Waals surface area contributed by atoms with Gasteiger partial charge in [0.1, 0.15) is 11.7 Å². The number of nitrogens with one attached hydrogen (secondary N) is 1. The Kier molecular flexibility index (Phi) is 22.9. The Bertz CT molecular complexity index is 1090. The average Bonchev–Trinajstić information content (AvgIpc) is 3.04. The highest BCUT2D eigenvalue weighted by Crippen LogP contribution is 2.27. The van der Waals surface area contributed by atoms with Gasteiger partial charge < -0.3 is 38.0 Å². The van der Waals surface area contributed by atoms with E-state index in [1.165, 1.54) is 77.1 Å². The number of rotatable bonds is 7. The van der Waals surface area contributed by atoms with Crippen LogP contribution in [0.2, 0.25) is 0 Å². The average molecular weight is 641 g/mol. The second-order valence-corrected chi connectivity index (χ2v) is 9.89. The Morgan fingerprint density at radius 3 is 1.61 bits per heavy atom. The molecule has 0 radical (unpaired) electrons. The number of methoxy groups -OCH3 is 2. The van der Waals surface area contributed by atoms with Gasteiger partial charge in [-0.2, -0.15) is 0 Å². The van der Waals surface area contributed by atoms with E-state index in [1.54, 1.807) is 0 Å². The number of hydrogen-bond donors (Lipinski definition) is 3. The lowest BCUT2D eigenvalue weighted by molar-refractivity contribution is -0.422. The summed E-state index contributed by atoms with van der Waals surface area (Å²) in [4.78, 5) is 60.1. The zero-order valence-electron chi connectivity index (χ0n) is 24.1. The number of quaternary nitrogens is 1. The van der Waals surface area contributed by atoms with E-state index in [2.05, 4.69) is 35.7 Å². The number of aromatic carboxylic acids is 1. The van der Waals surface area contributed by atoms with Gasteiger partial charge in [0.05, 0.1) is 26.6 Å². The minimum Gasteiger partial charge on any atom is -1.00 e. The minimum absolute atomic E-state index is 0. The quantitative estimate of drug-likeness (QED) is 0.348. The molecule has 2 fully saturated rings. The first-order chi connectivity index (χ1) is 19.8. The summed E-state index contributed by atoms with van der Waals surface area (Å²) in [6, 6.07) is -0.745. The summed E-state index contributed by atoms with van der Waals surface area (Å²) >= 11 is 0. The maximum absolute atomic E-state index is 12.1. The molecule has 2 aliphatic carbocycles. The number of amides is 1. The van der Waals surface area contributed by atoms with Crippen molar-refractivity contribution in [2.24, 2.45) is 11.8 Å². The Hall–Kier alpha value is -3.71. The predicted molar refractivity (Wildman–Crippen MR) is 160 cm³/mol. The van der Waals surface area contributed by atoms with Crippen molar-refractivity contribution >= 4 is 23.8 Å². The van der Waals surface area contributed by atoms with Gasteiger partial charge in [-0.3, -0.25) is 14.8 Å². The SMILES string of the molecule is C.C.COC(=O)[C@@H](NC(=O)c1cnccn1)C1CCCCC1.COC(=O)[C@@H]([NH3+])C1CCCCC1.O=C(O)c1cnccn1.[Cl-]. The van der Waals surface area contributed by atoms with Crippen LogP contribution in [-0.4, -0.2) is 75.2 Å². The van der Waals surface area contributed by atoms with Gasteiger partial charge in [-0.15, -0.1) is 0 Å². The summed E-state index contributed by atoms with van der Waals surface area (Å²) in [5, 5.41) is 11.0. The topological polar surface area (TPSA) is 198 Å². The molecule has 5 N–H and O–H groups in total. The molecule has 2 saturated carbocycles. The third-order valence-electron chi connectivity index (χ3n) is 7.16. The van der Waals surface area contributed by atoms with Crippen LogP contribution in [0.3, 0.4) is 0 Å². The minimum atomic E-state index is -1.05. The van der Waals surface area contributed by atoms with Crippen molar-refractivity contribution in [2.75, 3.05) is 14.2 Å². The number of carboxylic acids is 1. The van der Waals surface area contributed by atoms with Crippen molar-refractivity contribution in [3.63, 3.8) is 0 Å². The molecule has 0 aliphatic heterocycles. The van der Waals surface area contributed by atoms with Crippen LogP contribution in [0.25, 0.3) is 0 Å². The van der Waals surface area contributed by atoms with Crippen molar-refractivity contribution in [1.29, 1.82) is 0 Å². The van der Waals surface area contributed by atoms with Crippen LogP contribution in [0.5, 0.6) is 0 Å². The summed E-state index contributed by atoms with van der Waals surface area (Å²) in [6.45, 7) is 0. The lowest BCUT2D eigenvalue weighted by atomic mass is 9.84. The molecule has 2 atom stereocenters. The smallest absolute Gasteiger partial charge is 0.364 e. The second-order valence-electron chi connectivity index (χ2n) is 9.89. The Morgan fingerprint density at radius 2 is 1.23 bits per heavy atom. The van der Waals surface area contributed by atoms with Crippen LogP contribution in [0.4, 0.5) is 0 Å². The summed E-state index contributed by atoms with van der Waals surface area (Å²) in [7, 11) is 2.77. The maximum Gasteiger partial charge on any atom is 0.364 e. The van der Waals surface area contributed by atoms with Crippen molar-refractivity contribution in [3.8, 4) is 0 Å². The normalized spacial score (nSPS) is 15.6. The first-order valence-electron chi connectivity index (χ1n) is 13.8. The molecule has 2 aromatic rings. The van der Waals surface area contributed by atoms with Gasteiger partial charge >= 0.3 is 17.9 Å². The molecule has 1 amide bonds. The van der Waals surface area contributed by atoms with Gasteiger partial charge in [-0.05, 0) is 31.6 Å². The molecular weight excluding hydrogens is 592 g/mol. The first-order valence-corrected chi connectivity index (χ1v) is 13.8. The van der Waals surface area contributed by atoms with E-state index in [9.17, 15) is 19.2 Å². The molecule has 2 aliphatic rings. The molecule has 2 aromatic heterocycles. The van der Waals surface area contributed by atoms with E-state index < -0.39 is 18.0 Å². The molecule has 0 aromatic carbocycles. The van der Waals surface area contributed by atoms with Gasteiger partial charge in [0.25, 0.3) is 5.91 Å². The fraction of sp³-hybridized carbons (Fsp3) is 0.600. The molecule has 2 heterocycles. The van der Waals surface area contributed by atoms with E-state index in [4.69, 9.17) is 9.84 Å². The molecule has 14 heteroatoms. The van der Waals surface area contributed by atoms with Gasteiger partial charge in [-0.1, -0.05) is 53.4 Å². The molecule has 248 valence electrons. The molecule has 0 spiro atoms. The van der Waals surface area contributed by atoms with Gasteiger partial charge in [0.2, 0.25) is 0 Å². The zero-order chi connectivity index (χ0) is 30.0. The van der Waals surface area contributed by atoms with Crippen molar-refractivity contribution in [2.45, 2.75) is 91.1 Å². The molecule has 0 bridgehead atoms. The summed E-state index contributed by atoms with van der Waals surface area (Å²) in [5.74, 6) is -1.39. The lowest BCUT2D eigenvalue weighted by Gasteiger charge is -2.28. The standard InChI is InChI=1S/C14H19N3O3.C9H17NO2.C5H4N2O2.2CH4.ClH/c1-20-14(19)12(10-5-3-2-4-6-10)17-13(18)11-9-15-7-8-16-11;1-12-9(11)8(10)7-5-3-2-4-6-7;8-5(9)4-3-6-1-2-7-4;;;/h7-10,12H,2-6H2,1H3,(H,17,18);7-8H,2-6,10H2,1H3;1-3H,(H,8,9);2*1H4;1H/t12-;8-;;;;/m00..../s1. The monoisotopic (exact) mass is 640 g/mol. The number of esters is 2. The molecule has 0 unspecified atom stereocenters. The van der Waals surface area contributed by atoms with Crippen LogP contribution in [0, 0.1) is 11.8 Å². The van der Waals surface area contributed by atoms with Gasteiger partial charge in [0.15, 0.2) is 11.7 Å². The van der Waals surface area contributed by atoms with E-state index in [-0.39, 0.29) is 62.5 Å². The number of carboxylic acid groups (broad SMARTS) is 1. The van der Waals surface area contributed by atoms with Gasteiger partial charge in [0, 0.05) is 30.7 Å². The number of carbonyl (C=O) groups excluding carboxylic acids is 3. The predicted octanol–water partition coefficient (Wildman–Crippen LogP) is 0.130. The second kappa shape index (κ2) is 23.7. The number of hydrogen-bond acceptors (Lipinski definition) is 10. The number of ether oxygens (including phenoxy) is 2. The molecule has 13 nitrogen and oxygen atoms in total. The molecule has 44 heavy (non-hydrogen) atoms. The maximum atomic E-state index is 12.1. The van der Waals surface area contributed by atoms with E-state index in [0.717, 1.165) is 38.5 Å². The number of carbonyl (C=O) groups is 4. The van der Waals surface area contributed by atoms with Crippen LogP contribution < -0.4 is 23.5 Å². The highest BCUT2D eigenvalue weighted by Gasteiger charge is 2.32. The molecule has 4 rings (SSSR count). The number of nitrogens with zero attached hydrogens (tertiary/aromatic N) is 4. The highest BCUT2D eigenvalue weighted by atomic mass is 35.5. The summed E-state index contributed by atoms with van der Waals surface area (Å²) in [5.41, 5.74) is 4.03. The zero-order valence-corrected chi connectivity index (χ0v) is 24.9. The van der Waals surface area contributed by atoms with Crippen molar-refractivity contribution in [3.05, 3.63) is 48.6 Å². The molecule has 0 saturated heterocycles. The molecular formula is C30H49ClN6O7. The Balaban J connectivity index is 0. The number of halogens is 1. The first kappa shape index (κ1) is 42.4. The fourth-order valence-corrected chi connectivity index (χ4v) is 4.89. The van der Waals surface area contributed by atoms with E-state index in [0.29, 0.717) is 5.92 Å². The summed E-state index contributed by atoms with van der Waals surface area (Å²) in [6.07, 6.45) is 19.6. The lowest BCUT2D eigenvalue weighted by Crippen LogP contribution is -3.00. The largest absolute Gasteiger partial charge is 1.00 e. The van der Waals surface area contributed by atoms with Crippen molar-refractivity contribution in [1.82, 2.24) is 25.3 Å². The van der Waals surface area contributed by atoms with Crippen molar-refractivity contribution < 1.29 is 51.9 Å². The van der Waals surface area contributed by atoms with Gasteiger partial charge in [-0.25, -0.2) is 24.4 Å². The van der Waals surface area contributed by atoms with Crippen LogP contribution in [0.1, 0.15) is 100 Å². The Labute approximate surface area is 266 Å².